The molecule has 0 fully saturated rings. The van der Waals surface area contributed by atoms with E-state index in [4.69, 9.17) is 0 Å². The summed E-state index contributed by atoms with van der Waals surface area (Å²) in [6.45, 7) is 13.4. The molecular weight excluding hydrogens is 204 g/mol. The third-order valence-corrected chi connectivity index (χ3v) is 3.28. The van der Waals surface area contributed by atoms with E-state index in [1.165, 1.54) is 36.0 Å². The summed E-state index contributed by atoms with van der Waals surface area (Å²) in [6, 6.07) is 0. The maximum atomic E-state index is 2.37. The second-order valence-electron chi connectivity index (χ2n) is 5.25. The molecule has 0 aliphatic rings. The molecule has 0 aromatic carbocycles. The number of rotatable bonds is 7. The lowest BCUT2D eigenvalue weighted by molar-refractivity contribution is 0.758. The van der Waals surface area contributed by atoms with E-state index in [9.17, 15) is 0 Å². The predicted octanol–water partition coefficient (Wildman–Crippen LogP) is 6.06. The molecule has 0 amide bonds. The minimum absolute atomic E-state index is 0.649. The second kappa shape index (κ2) is 9.27. The predicted molar refractivity (Wildman–Crippen MR) is 80.3 cm³/mol. The van der Waals surface area contributed by atoms with Gasteiger partial charge in [0.2, 0.25) is 0 Å². The summed E-state index contributed by atoms with van der Waals surface area (Å²) in [5, 5.41) is 0. The van der Waals surface area contributed by atoms with E-state index >= 15 is 0 Å². The molecular formula is C17H30. The van der Waals surface area contributed by atoms with Crippen molar-refractivity contribution in [2.75, 3.05) is 0 Å². The fraction of sp³-hybridized carbons (Fsp3) is 0.647. The number of hydrogen-bond acceptors (Lipinski definition) is 0. The van der Waals surface area contributed by atoms with Crippen molar-refractivity contribution < 1.29 is 0 Å². The largest absolute Gasteiger partial charge is 0.0736 e. The minimum Gasteiger partial charge on any atom is -0.0736 e. The van der Waals surface area contributed by atoms with Crippen molar-refractivity contribution in [3.63, 3.8) is 0 Å². The van der Waals surface area contributed by atoms with Gasteiger partial charge in [-0.25, -0.2) is 0 Å². The van der Waals surface area contributed by atoms with Gasteiger partial charge in [-0.2, -0.15) is 0 Å². The summed E-state index contributed by atoms with van der Waals surface area (Å²) in [5.41, 5.74) is 4.41. The van der Waals surface area contributed by atoms with Gasteiger partial charge in [0.15, 0.2) is 0 Å². The Hall–Kier alpha value is -0.780. The van der Waals surface area contributed by atoms with Crippen molar-refractivity contribution in [1.29, 1.82) is 0 Å². The zero-order chi connectivity index (χ0) is 13.3. The van der Waals surface area contributed by atoms with Gasteiger partial charge in [-0.05, 0) is 44.6 Å². The van der Waals surface area contributed by atoms with Crippen LogP contribution in [0.15, 0.2) is 34.9 Å². The van der Waals surface area contributed by atoms with Crippen LogP contribution in [-0.2, 0) is 0 Å². The molecule has 0 nitrogen and oxygen atoms in total. The fourth-order valence-electron chi connectivity index (χ4n) is 1.41. The number of hydrogen-bond donors (Lipinski definition) is 0. The summed E-state index contributed by atoms with van der Waals surface area (Å²) < 4.78 is 0. The topological polar surface area (TPSA) is 0 Å². The van der Waals surface area contributed by atoms with E-state index in [0.717, 1.165) is 6.42 Å². The van der Waals surface area contributed by atoms with Crippen molar-refractivity contribution in [2.45, 2.75) is 67.2 Å². The first kappa shape index (κ1) is 16.2. The highest BCUT2D eigenvalue weighted by Gasteiger charge is 1.98. The lowest BCUT2D eigenvalue weighted by Crippen LogP contribution is -1.90. The van der Waals surface area contributed by atoms with Crippen LogP contribution in [0.3, 0.4) is 0 Å². The molecule has 17 heavy (non-hydrogen) atoms. The van der Waals surface area contributed by atoms with Gasteiger partial charge in [0, 0.05) is 0 Å². The first-order valence-corrected chi connectivity index (χ1v) is 7.05. The monoisotopic (exact) mass is 234 g/mol. The van der Waals surface area contributed by atoms with Crippen LogP contribution < -0.4 is 0 Å². The zero-order valence-electron chi connectivity index (χ0n) is 12.6. The summed E-state index contributed by atoms with van der Waals surface area (Å²) in [4.78, 5) is 0. The average molecular weight is 234 g/mol. The smallest absolute Gasteiger partial charge is 0.0260 e. The first-order chi connectivity index (χ1) is 8.01. The van der Waals surface area contributed by atoms with Gasteiger partial charge in [0.25, 0.3) is 0 Å². The molecule has 0 aromatic heterocycles. The van der Waals surface area contributed by atoms with Crippen LogP contribution in [0.1, 0.15) is 67.2 Å². The second-order valence-corrected chi connectivity index (χ2v) is 5.25. The maximum absolute atomic E-state index is 2.37. The van der Waals surface area contributed by atoms with Crippen LogP contribution in [-0.4, -0.2) is 0 Å². The quantitative estimate of drug-likeness (QED) is 0.469. The molecule has 0 aliphatic carbocycles. The molecule has 0 atom stereocenters. The van der Waals surface area contributed by atoms with Crippen LogP contribution in [0.2, 0.25) is 0 Å². The molecule has 0 saturated carbocycles. The molecule has 0 heteroatoms. The molecule has 0 spiro atoms. The number of unbranched alkanes of at least 4 members (excludes halogenated alkanes) is 1. The average Bonchev–Trinajstić information content (AvgIpc) is 2.31. The van der Waals surface area contributed by atoms with Crippen LogP contribution in [0.4, 0.5) is 0 Å². The van der Waals surface area contributed by atoms with Crippen LogP contribution in [0.25, 0.3) is 0 Å². The third-order valence-electron chi connectivity index (χ3n) is 3.28. The van der Waals surface area contributed by atoms with E-state index in [2.05, 4.69) is 59.8 Å². The Balaban J connectivity index is 4.81. The van der Waals surface area contributed by atoms with Crippen molar-refractivity contribution in [3.8, 4) is 0 Å². The molecule has 98 valence electrons. The highest BCUT2D eigenvalue weighted by molar-refractivity contribution is 5.28. The summed E-state index contributed by atoms with van der Waals surface area (Å²) in [6.07, 6.45) is 11.9. The van der Waals surface area contributed by atoms with Crippen LogP contribution in [0.5, 0.6) is 0 Å². The van der Waals surface area contributed by atoms with E-state index in [1.54, 1.807) is 0 Å². The molecule has 0 N–H and O–H groups in total. The van der Waals surface area contributed by atoms with Gasteiger partial charge < -0.3 is 0 Å². The van der Waals surface area contributed by atoms with Gasteiger partial charge in [-0.1, -0.05) is 63.5 Å². The Kier molecular flexibility index (Phi) is 8.85. The first-order valence-electron chi connectivity index (χ1n) is 7.05. The molecule has 0 radical (unpaired) electrons. The Labute approximate surface area is 109 Å². The Morgan fingerprint density at radius 2 is 1.71 bits per heavy atom. The fourth-order valence-corrected chi connectivity index (χ4v) is 1.41. The summed E-state index contributed by atoms with van der Waals surface area (Å²) in [5.74, 6) is 0.649. The van der Waals surface area contributed by atoms with Gasteiger partial charge in [-0.3, -0.25) is 0 Å². The Morgan fingerprint density at radius 3 is 2.18 bits per heavy atom. The van der Waals surface area contributed by atoms with Crippen molar-refractivity contribution in [3.05, 3.63) is 34.9 Å². The highest BCUT2D eigenvalue weighted by Crippen LogP contribution is 2.16. The lowest BCUT2D eigenvalue weighted by atomic mass is 9.99. The lowest BCUT2D eigenvalue weighted by Gasteiger charge is -2.07. The van der Waals surface area contributed by atoms with Crippen molar-refractivity contribution >= 4 is 0 Å². The van der Waals surface area contributed by atoms with Crippen molar-refractivity contribution in [2.24, 2.45) is 5.92 Å². The number of allylic oxidation sites excluding steroid dienone is 6. The Bertz CT molecular complexity index is 287. The van der Waals surface area contributed by atoms with Gasteiger partial charge in [-0.15, -0.1) is 0 Å². The van der Waals surface area contributed by atoms with E-state index in [0.29, 0.717) is 5.92 Å². The molecule has 0 unspecified atom stereocenters. The zero-order valence-corrected chi connectivity index (χ0v) is 12.6. The molecule has 0 saturated heterocycles. The third kappa shape index (κ3) is 8.01. The molecule has 0 rings (SSSR count). The normalized spacial score (nSPS) is 14.6. The summed E-state index contributed by atoms with van der Waals surface area (Å²) in [7, 11) is 0. The van der Waals surface area contributed by atoms with Crippen LogP contribution >= 0.6 is 0 Å². The molecule has 0 bridgehead atoms. The van der Waals surface area contributed by atoms with Gasteiger partial charge in [0.1, 0.15) is 0 Å². The highest BCUT2D eigenvalue weighted by atomic mass is 14.0. The minimum atomic E-state index is 0.649. The summed E-state index contributed by atoms with van der Waals surface area (Å²) >= 11 is 0. The molecule has 0 aliphatic heterocycles. The van der Waals surface area contributed by atoms with Gasteiger partial charge >= 0.3 is 0 Å². The maximum Gasteiger partial charge on any atom is -0.0260 e. The van der Waals surface area contributed by atoms with E-state index < -0.39 is 0 Å². The van der Waals surface area contributed by atoms with Crippen LogP contribution in [0, 0.1) is 5.92 Å². The van der Waals surface area contributed by atoms with Crippen molar-refractivity contribution in [1.82, 2.24) is 0 Å². The standard InChI is InChI=1S/C17H30/c1-7-9-10-17(12-11-15(5)8-2)13-16(6)14(3)4/h11-14H,7-10H2,1-6H3. The Morgan fingerprint density at radius 1 is 1.06 bits per heavy atom. The molecule has 0 aromatic rings. The van der Waals surface area contributed by atoms with E-state index in [1.807, 2.05) is 0 Å². The van der Waals surface area contributed by atoms with Gasteiger partial charge in [0.05, 0.1) is 0 Å². The molecule has 0 heterocycles. The van der Waals surface area contributed by atoms with E-state index in [-0.39, 0.29) is 0 Å². The SMILES string of the molecule is CCCCC(=CC=C(C)CC)C=C(C)C(C)C.